The number of aryl methyl sites for hydroxylation is 4. The van der Waals surface area contributed by atoms with E-state index < -0.39 is 48.5 Å². The molecular weight excluding hydrogens is 985 g/mol. The minimum absolute atomic E-state index is 0.00483. The Bertz CT molecular complexity index is 2680. The lowest BCUT2D eigenvalue weighted by molar-refractivity contribution is -0.145. The SMILES string of the molecule is CN[C@@H](C)C(=O)NC(C[C@@H](C)OCc1cn(CCn2cc(COC(C)C(NC(=O)[C@H](C)NC)C(=O)N3CCC[C@H]3C(=O)N[C@@H]3CCCc4ccccc43)nn2)nn1)C(=O)N1CCC[C@@H]1C(=O)N[C@H]1CCCc2ccccc21. The second-order valence-electron chi connectivity index (χ2n) is 21.1. The molecular formula is C55H78N14O8. The van der Waals surface area contributed by atoms with Crippen LogP contribution in [0.4, 0.5) is 0 Å². The lowest BCUT2D eigenvalue weighted by Gasteiger charge is -2.33. The summed E-state index contributed by atoms with van der Waals surface area (Å²) in [4.78, 5) is 85.9. The van der Waals surface area contributed by atoms with Crippen LogP contribution in [0.15, 0.2) is 60.9 Å². The van der Waals surface area contributed by atoms with Crippen molar-refractivity contribution in [1.82, 2.24) is 71.7 Å². The van der Waals surface area contributed by atoms with Crippen LogP contribution in [0.3, 0.4) is 0 Å². The second-order valence-corrected chi connectivity index (χ2v) is 21.1. The zero-order chi connectivity index (χ0) is 54.6. The summed E-state index contributed by atoms with van der Waals surface area (Å²) in [6.07, 6.45) is 10.3. The first-order valence-electron chi connectivity index (χ1n) is 27.5. The number of carbonyl (C=O) groups is 6. The zero-order valence-electron chi connectivity index (χ0n) is 45.4. The van der Waals surface area contributed by atoms with E-state index in [1.807, 2.05) is 31.2 Å². The maximum absolute atomic E-state index is 14.4. The summed E-state index contributed by atoms with van der Waals surface area (Å²) in [7, 11) is 3.34. The first-order chi connectivity index (χ1) is 37.2. The number of likely N-dealkylation sites (N-methyl/N-ethyl adjacent to an activating group) is 2. The third-order valence-corrected chi connectivity index (χ3v) is 15.7. The summed E-state index contributed by atoms with van der Waals surface area (Å²) < 4.78 is 15.7. The molecule has 4 aromatic rings. The van der Waals surface area contributed by atoms with Gasteiger partial charge in [0.15, 0.2) is 0 Å². The molecule has 416 valence electrons. The molecule has 4 aliphatic rings. The van der Waals surface area contributed by atoms with Crippen molar-refractivity contribution in [2.45, 2.75) is 185 Å². The largest absolute Gasteiger partial charge is 0.372 e. The number of benzene rings is 2. The highest BCUT2D eigenvalue weighted by Crippen LogP contribution is 2.32. The number of nitrogens with one attached hydrogen (secondary N) is 6. The zero-order valence-corrected chi connectivity index (χ0v) is 45.4. The summed E-state index contributed by atoms with van der Waals surface area (Å²) in [6.45, 7) is 8.66. The molecule has 2 fully saturated rings. The van der Waals surface area contributed by atoms with Crippen molar-refractivity contribution in [1.29, 1.82) is 0 Å². The van der Waals surface area contributed by atoms with Gasteiger partial charge in [0.1, 0.15) is 35.6 Å². The first-order valence-corrected chi connectivity index (χ1v) is 27.5. The fourth-order valence-corrected chi connectivity index (χ4v) is 10.9. The lowest BCUT2D eigenvalue weighted by atomic mass is 9.87. The van der Waals surface area contributed by atoms with E-state index in [0.717, 1.165) is 49.7 Å². The number of fused-ring (bicyclic) bond motifs is 2. The molecule has 2 aromatic heterocycles. The van der Waals surface area contributed by atoms with E-state index in [1.54, 1.807) is 66.4 Å². The Kier molecular flexibility index (Phi) is 19.6. The molecule has 2 aliphatic carbocycles. The molecule has 3 unspecified atom stereocenters. The van der Waals surface area contributed by atoms with Crippen LogP contribution in [0, 0.1) is 0 Å². The standard InChI is InChI=1S/C55H78N14O8/c1-34(29-46(60-50(70)35(2)56-5)54(74)68-25-13-23-47(68)52(72)58-44-21-11-17-38-15-7-9-19-42(38)44)76-32-40-30-66(64-62-40)27-28-67-31-41(63-65-67)33-77-37(4)49(61-51(71)36(3)57-6)55(75)69-26-14-24-48(69)53(73)59-45-22-12-18-39-16-8-10-20-43(39)45/h7-10,15-16,19-20,30-31,34-37,44-49,56-57H,11-14,17-18,21-29,32-33H2,1-6H3,(H,58,72)(H,59,73)(H,60,70)(H,61,71)/t34-,35+,36+,37?,44+,45-,46?,47-,48+,49?/m1/s1. The summed E-state index contributed by atoms with van der Waals surface area (Å²) in [5.41, 5.74) is 5.78. The van der Waals surface area contributed by atoms with Crippen LogP contribution < -0.4 is 31.9 Å². The minimum atomic E-state index is -1.07. The van der Waals surface area contributed by atoms with Gasteiger partial charge in [-0.05, 0) is 128 Å². The Labute approximate surface area is 450 Å². The summed E-state index contributed by atoms with van der Waals surface area (Å²) >= 11 is 0. The topological polar surface area (TPSA) is 261 Å². The molecule has 2 saturated heterocycles. The molecule has 2 aromatic carbocycles. The fourth-order valence-electron chi connectivity index (χ4n) is 10.9. The van der Waals surface area contributed by atoms with Gasteiger partial charge in [-0.1, -0.05) is 59.0 Å². The molecule has 0 bridgehead atoms. The Balaban J connectivity index is 0.819. The highest BCUT2D eigenvalue weighted by Gasteiger charge is 2.42. The van der Waals surface area contributed by atoms with Gasteiger partial charge in [0.25, 0.3) is 0 Å². The smallest absolute Gasteiger partial charge is 0.248 e. The van der Waals surface area contributed by atoms with Gasteiger partial charge in [-0.15, -0.1) is 10.2 Å². The Morgan fingerprint density at radius 1 is 0.610 bits per heavy atom. The van der Waals surface area contributed by atoms with Crippen LogP contribution >= 0.6 is 0 Å². The van der Waals surface area contributed by atoms with Gasteiger partial charge in [0, 0.05) is 19.5 Å². The van der Waals surface area contributed by atoms with E-state index in [0.29, 0.717) is 63.3 Å². The van der Waals surface area contributed by atoms with E-state index in [1.165, 1.54) is 11.1 Å². The number of carbonyl (C=O) groups excluding carboxylic acids is 6. The number of amides is 6. The molecule has 8 rings (SSSR count). The summed E-state index contributed by atoms with van der Waals surface area (Å²) in [6, 6.07) is 11.6. The van der Waals surface area contributed by atoms with Crippen molar-refractivity contribution in [3.63, 3.8) is 0 Å². The van der Waals surface area contributed by atoms with Gasteiger partial charge in [0.05, 0.1) is 75.1 Å². The van der Waals surface area contributed by atoms with Gasteiger partial charge in [-0.2, -0.15) is 0 Å². The van der Waals surface area contributed by atoms with Crippen LogP contribution in [0.1, 0.15) is 131 Å². The normalized spacial score (nSPS) is 21.4. The maximum atomic E-state index is 14.4. The Morgan fingerprint density at radius 2 is 1.09 bits per heavy atom. The van der Waals surface area contributed by atoms with Crippen molar-refractivity contribution in [3.05, 3.63) is 94.6 Å². The monoisotopic (exact) mass is 1060 g/mol. The van der Waals surface area contributed by atoms with Crippen molar-refractivity contribution in [3.8, 4) is 0 Å². The molecule has 4 heterocycles. The number of aromatic nitrogens is 6. The molecule has 6 amide bonds. The average molecular weight is 1060 g/mol. The van der Waals surface area contributed by atoms with E-state index in [4.69, 9.17) is 9.47 Å². The molecule has 77 heavy (non-hydrogen) atoms. The highest BCUT2D eigenvalue weighted by molar-refractivity contribution is 5.95. The third-order valence-electron chi connectivity index (χ3n) is 15.7. The predicted octanol–water partition coefficient (Wildman–Crippen LogP) is 2.33. The Hall–Kier alpha value is -6.62. The summed E-state index contributed by atoms with van der Waals surface area (Å²) in [5.74, 6) is -1.79. The molecule has 22 heteroatoms. The maximum Gasteiger partial charge on any atom is 0.248 e. The highest BCUT2D eigenvalue weighted by atomic mass is 16.5. The van der Waals surface area contributed by atoms with Crippen molar-refractivity contribution >= 4 is 35.4 Å². The number of ether oxygens (including phenoxy) is 2. The average Bonchev–Trinajstić information content (AvgIpc) is 4.32. The second kappa shape index (κ2) is 26.6. The van der Waals surface area contributed by atoms with Crippen molar-refractivity contribution < 1.29 is 38.2 Å². The van der Waals surface area contributed by atoms with Crippen molar-refractivity contribution in [2.75, 3.05) is 27.2 Å². The number of hydrogen-bond acceptors (Lipinski definition) is 14. The molecule has 2 aliphatic heterocycles. The Morgan fingerprint density at radius 3 is 1.61 bits per heavy atom. The molecule has 6 N–H and O–H groups in total. The molecule has 10 atom stereocenters. The third kappa shape index (κ3) is 14.3. The van der Waals surface area contributed by atoms with Gasteiger partial charge >= 0.3 is 0 Å². The van der Waals surface area contributed by atoms with Crippen LogP contribution in [-0.4, -0.2) is 151 Å². The van der Waals surface area contributed by atoms with Gasteiger partial charge in [-0.3, -0.25) is 38.1 Å². The van der Waals surface area contributed by atoms with E-state index in [9.17, 15) is 28.8 Å². The number of hydrogen-bond donors (Lipinski definition) is 6. The van der Waals surface area contributed by atoms with Crippen LogP contribution in [0.2, 0.25) is 0 Å². The number of nitrogens with zero attached hydrogens (tertiary/aromatic N) is 8. The van der Waals surface area contributed by atoms with Gasteiger partial charge in [0.2, 0.25) is 35.4 Å². The van der Waals surface area contributed by atoms with Gasteiger partial charge in [-0.25, -0.2) is 0 Å². The van der Waals surface area contributed by atoms with Gasteiger partial charge < -0.3 is 51.2 Å². The first kappa shape index (κ1) is 56.6. The molecule has 0 saturated carbocycles. The predicted molar refractivity (Wildman–Crippen MR) is 284 cm³/mol. The van der Waals surface area contributed by atoms with Crippen molar-refractivity contribution in [2.24, 2.45) is 0 Å². The van der Waals surface area contributed by atoms with Crippen LogP contribution in [0.5, 0.6) is 0 Å². The molecule has 0 spiro atoms. The number of likely N-dealkylation sites (tertiary alicyclic amines) is 2. The lowest BCUT2D eigenvalue weighted by Crippen LogP contribution is -2.59. The number of rotatable bonds is 24. The minimum Gasteiger partial charge on any atom is -0.372 e. The molecule has 22 nitrogen and oxygen atoms in total. The molecule has 0 radical (unpaired) electrons. The van der Waals surface area contributed by atoms with E-state index >= 15 is 0 Å². The summed E-state index contributed by atoms with van der Waals surface area (Å²) in [5, 5.41) is 35.2. The van der Waals surface area contributed by atoms with E-state index in [2.05, 4.69) is 76.8 Å². The van der Waals surface area contributed by atoms with Crippen LogP contribution in [-0.2, 0) is 77.4 Å². The van der Waals surface area contributed by atoms with E-state index in [-0.39, 0.29) is 67.2 Å². The quantitative estimate of drug-likeness (QED) is 0.0589. The van der Waals surface area contributed by atoms with Crippen LogP contribution in [0.25, 0.3) is 0 Å². The fraction of sp³-hybridized carbons (Fsp3) is 0.600.